The molecule has 0 fully saturated rings. The second-order valence-corrected chi connectivity index (χ2v) is 6.01. The van der Waals surface area contributed by atoms with Gasteiger partial charge >= 0.3 is 0 Å². The van der Waals surface area contributed by atoms with Gasteiger partial charge in [-0.2, -0.15) is 0 Å². The summed E-state index contributed by atoms with van der Waals surface area (Å²) in [5, 5.41) is 2.09. The fraction of sp³-hybridized carbons (Fsp3) is 0.294. The lowest BCUT2D eigenvalue weighted by Crippen LogP contribution is -2.15. The van der Waals surface area contributed by atoms with Crippen LogP contribution in [-0.4, -0.2) is 13.6 Å². The summed E-state index contributed by atoms with van der Waals surface area (Å²) < 4.78 is 0. The number of nitrogens with zero attached hydrogens (tertiary/aromatic N) is 1. The average Bonchev–Trinajstić information content (AvgIpc) is 2.82. The Morgan fingerprint density at radius 3 is 2.50 bits per heavy atom. The predicted molar refractivity (Wildman–Crippen MR) is 88.3 cm³/mol. The van der Waals surface area contributed by atoms with Crippen LogP contribution in [0.25, 0.3) is 0 Å². The van der Waals surface area contributed by atoms with Crippen molar-refractivity contribution in [2.24, 2.45) is 5.73 Å². The number of hydrogen-bond acceptors (Lipinski definition) is 3. The van der Waals surface area contributed by atoms with Crippen LogP contribution in [-0.2, 0) is 6.54 Å². The van der Waals surface area contributed by atoms with Gasteiger partial charge in [-0.3, -0.25) is 0 Å². The third kappa shape index (κ3) is 3.86. The minimum atomic E-state index is 0.410. The maximum Gasteiger partial charge on any atom is 0.0555 e. The fourth-order valence-electron chi connectivity index (χ4n) is 2.18. The number of nitrogens with two attached hydrogens (primary N) is 1. The molecule has 0 bridgehead atoms. The molecule has 2 nitrogen and oxygen atoms in total. The van der Waals surface area contributed by atoms with Crippen LogP contribution in [0.5, 0.6) is 0 Å². The number of anilines is 1. The zero-order valence-corrected chi connectivity index (χ0v) is 13.1. The Morgan fingerprint density at radius 2 is 1.85 bits per heavy atom. The van der Waals surface area contributed by atoms with Gasteiger partial charge in [0, 0.05) is 28.6 Å². The molecule has 2 aromatic rings. The molecule has 0 atom stereocenters. The molecule has 0 spiro atoms. The van der Waals surface area contributed by atoms with E-state index in [1.807, 2.05) is 0 Å². The van der Waals surface area contributed by atoms with E-state index in [2.05, 4.69) is 67.3 Å². The lowest BCUT2D eigenvalue weighted by molar-refractivity contribution is 0.937. The molecule has 0 aliphatic carbocycles. The van der Waals surface area contributed by atoms with Gasteiger partial charge < -0.3 is 10.6 Å². The Bertz CT molecular complexity index is 626. The molecule has 2 rings (SSSR count). The van der Waals surface area contributed by atoms with E-state index in [1.54, 1.807) is 11.3 Å². The standard InChI is InChI=1S/C17H20N2S/c1-13-7-14(2)9-16(8-13)19(3)11-17-10-15(12-20-17)5-4-6-18/h7-10,12H,6,11,18H2,1-3H3. The van der Waals surface area contributed by atoms with Gasteiger partial charge in [0.15, 0.2) is 0 Å². The van der Waals surface area contributed by atoms with Gasteiger partial charge in [-0.05, 0) is 43.2 Å². The van der Waals surface area contributed by atoms with E-state index in [0.29, 0.717) is 6.54 Å². The smallest absolute Gasteiger partial charge is 0.0555 e. The molecule has 1 aromatic heterocycles. The topological polar surface area (TPSA) is 29.3 Å². The Labute approximate surface area is 125 Å². The monoisotopic (exact) mass is 284 g/mol. The Morgan fingerprint density at radius 1 is 1.15 bits per heavy atom. The highest BCUT2D eigenvalue weighted by atomic mass is 32.1. The normalized spacial score (nSPS) is 10.0. The molecule has 104 valence electrons. The maximum atomic E-state index is 5.39. The first-order chi connectivity index (χ1) is 9.58. The summed E-state index contributed by atoms with van der Waals surface area (Å²) in [4.78, 5) is 3.58. The van der Waals surface area contributed by atoms with Crippen molar-refractivity contribution in [1.82, 2.24) is 0 Å². The summed E-state index contributed by atoms with van der Waals surface area (Å²) in [5.41, 5.74) is 10.3. The molecule has 20 heavy (non-hydrogen) atoms. The number of hydrogen-bond donors (Lipinski definition) is 1. The van der Waals surface area contributed by atoms with Gasteiger partial charge in [-0.25, -0.2) is 0 Å². The summed E-state index contributed by atoms with van der Waals surface area (Å²) in [6.07, 6.45) is 0. The van der Waals surface area contributed by atoms with Crippen molar-refractivity contribution < 1.29 is 0 Å². The van der Waals surface area contributed by atoms with E-state index in [9.17, 15) is 0 Å². The summed E-state index contributed by atoms with van der Waals surface area (Å²) >= 11 is 1.75. The summed E-state index contributed by atoms with van der Waals surface area (Å²) in [6, 6.07) is 8.78. The van der Waals surface area contributed by atoms with Crippen LogP contribution in [0.4, 0.5) is 5.69 Å². The van der Waals surface area contributed by atoms with Crippen LogP contribution in [0.3, 0.4) is 0 Å². The second kappa shape index (κ2) is 6.60. The van der Waals surface area contributed by atoms with Crippen molar-refractivity contribution in [3.8, 4) is 11.8 Å². The van der Waals surface area contributed by atoms with Crippen LogP contribution >= 0.6 is 11.3 Å². The number of aryl methyl sites for hydroxylation is 2. The van der Waals surface area contributed by atoms with Gasteiger partial charge in [-0.1, -0.05) is 17.9 Å². The van der Waals surface area contributed by atoms with Crippen molar-refractivity contribution >= 4 is 17.0 Å². The second-order valence-electron chi connectivity index (χ2n) is 5.01. The Hall–Kier alpha value is -1.76. The zero-order chi connectivity index (χ0) is 14.5. The number of thiophene rings is 1. The molecule has 0 aliphatic heterocycles. The first kappa shape index (κ1) is 14.6. The molecule has 0 saturated carbocycles. The van der Waals surface area contributed by atoms with Crippen LogP contribution in [0, 0.1) is 25.7 Å². The lowest BCUT2D eigenvalue weighted by Gasteiger charge is -2.19. The highest BCUT2D eigenvalue weighted by Gasteiger charge is 2.05. The van der Waals surface area contributed by atoms with Crippen LogP contribution in [0.15, 0.2) is 29.6 Å². The van der Waals surface area contributed by atoms with E-state index in [-0.39, 0.29) is 0 Å². The molecular weight excluding hydrogens is 264 g/mol. The zero-order valence-electron chi connectivity index (χ0n) is 12.2. The predicted octanol–water partition coefficient (Wildman–Crippen LogP) is 3.31. The van der Waals surface area contributed by atoms with Crippen molar-refractivity contribution in [2.75, 3.05) is 18.5 Å². The van der Waals surface area contributed by atoms with E-state index in [4.69, 9.17) is 5.73 Å². The van der Waals surface area contributed by atoms with E-state index >= 15 is 0 Å². The molecular formula is C17H20N2S. The minimum Gasteiger partial charge on any atom is -0.369 e. The summed E-state index contributed by atoms with van der Waals surface area (Å²) in [6.45, 7) is 5.58. The highest BCUT2D eigenvalue weighted by molar-refractivity contribution is 7.10. The largest absolute Gasteiger partial charge is 0.369 e. The molecule has 1 aromatic carbocycles. The fourth-order valence-corrected chi connectivity index (χ4v) is 3.05. The first-order valence-corrected chi connectivity index (χ1v) is 7.52. The third-order valence-corrected chi connectivity index (χ3v) is 3.95. The quantitative estimate of drug-likeness (QED) is 0.876. The molecule has 3 heteroatoms. The van der Waals surface area contributed by atoms with Gasteiger partial charge in [0.2, 0.25) is 0 Å². The van der Waals surface area contributed by atoms with Crippen molar-refractivity contribution in [2.45, 2.75) is 20.4 Å². The summed E-state index contributed by atoms with van der Waals surface area (Å²) in [7, 11) is 2.12. The molecule has 0 saturated heterocycles. The molecule has 1 heterocycles. The third-order valence-electron chi connectivity index (χ3n) is 3.03. The molecule has 2 N–H and O–H groups in total. The maximum absolute atomic E-state index is 5.39. The van der Waals surface area contributed by atoms with E-state index in [0.717, 1.165) is 12.1 Å². The summed E-state index contributed by atoms with van der Waals surface area (Å²) in [5.74, 6) is 5.96. The number of rotatable bonds is 3. The van der Waals surface area contributed by atoms with Crippen molar-refractivity contribution in [1.29, 1.82) is 0 Å². The molecule has 0 unspecified atom stereocenters. The van der Waals surface area contributed by atoms with Gasteiger partial charge in [0.05, 0.1) is 13.1 Å². The van der Waals surface area contributed by atoms with Gasteiger partial charge in [0.25, 0.3) is 0 Å². The van der Waals surface area contributed by atoms with Gasteiger partial charge in [-0.15, -0.1) is 11.3 Å². The Balaban J connectivity index is 2.10. The molecule has 0 radical (unpaired) electrons. The SMILES string of the molecule is Cc1cc(C)cc(N(C)Cc2cc(C#CCN)cs2)c1. The van der Waals surface area contributed by atoms with Crippen LogP contribution in [0.2, 0.25) is 0 Å². The molecule has 0 amide bonds. The first-order valence-electron chi connectivity index (χ1n) is 6.64. The Kier molecular flexibility index (Phi) is 4.84. The number of benzene rings is 1. The van der Waals surface area contributed by atoms with Crippen LogP contribution < -0.4 is 10.6 Å². The van der Waals surface area contributed by atoms with Crippen molar-refractivity contribution in [3.63, 3.8) is 0 Å². The van der Waals surface area contributed by atoms with Gasteiger partial charge in [0.1, 0.15) is 0 Å². The van der Waals surface area contributed by atoms with Crippen LogP contribution in [0.1, 0.15) is 21.6 Å². The van der Waals surface area contributed by atoms with E-state index < -0.39 is 0 Å². The minimum absolute atomic E-state index is 0.410. The molecule has 0 aliphatic rings. The lowest BCUT2D eigenvalue weighted by atomic mass is 10.1. The highest BCUT2D eigenvalue weighted by Crippen LogP contribution is 2.22. The van der Waals surface area contributed by atoms with E-state index in [1.165, 1.54) is 21.7 Å². The van der Waals surface area contributed by atoms with Crippen molar-refractivity contribution in [3.05, 3.63) is 51.2 Å². The average molecular weight is 284 g/mol.